The third kappa shape index (κ3) is 3.98. The maximum atomic E-state index is 13.1. The van der Waals surface area contributed by atoms with Gasteiger partial charge in [0.25, 0.3) is 5.91 Å². The van der Waals surface area contributed by atoms with Crippen molar-refractivity contribution in [2.75, 3.05) is 49.6 Å². The van der Waals surface area contributed by atoms with Gasteiger partial charge in [0.1, 0.15) is 0 Å². The van der Waals surface area contributed by atoms with Gasteiger partial charge in [-0.3, -0.25) is 19.3 Å². The molecule has 184 valence electrons. The zero-order chi connectivity index (χ0) is 24.8. The van der Waals surface area contributed by atoms with Crippen LogP contribution < -0.4 is 9.80 Å². The molecule has 0 spiro atoms. The molecule has 36 heavy (non-hydrogen) atoms. The number of aromatic nitrogens is 1. The van der Waals surface area contributed by atoms with Gasteiger partial charge in [-0.1, -0.05) is 24.3 Å². The maximum Gasteiger partial charge on any atom is 0.282 e. The summed E-state index contributed by atoms with van der Waals surface area (Å²) in [6.07, 6.45) is 2.53. The van der Waals surface area contributed by atoms with Crippen LogP contribution in [0, 0.1) is 0 Å². The van der Waals surface area contributed by atoms with Crippen LogP contribution in [0.3, 0.4) is 0 Å². The number of anilines is 2. The lowest BCUT2D eigenvalue weighted by Crippen LogP contribution is -2.52. The van der Waals surface area contributed by atoms with Gasteiger partial charge in [-0.2, -0.15) is 0 Å². The van der Waals surface area contributed by atoms with E-state index < -0.39 is 0 Å². The smallest absolute Gasteiger partial charge is 0.282 e. The van der Waals surface area contributed by atoms with Crippen LogP contribution in [0.4, 0.5) is 11.4 Å². The summed E-state index contributed by atoms with van der Waals surface area (Å²) in [4.78, 5) is 49.9. The van der Waals surface area contributed by atoms with Gasteiger partial charge < -0.3 is 14.7 Å². The first-order chi connectivity index (χ1) is 17.5. The van der Waals surface area contributed by atoms with E-state index in [0.29, 0.717) is 37.5 Å². The lowest BCUT2D eigenvalue weighted by molar-refractivity contribution is -0.118. The molecule has 2 fully saturated rings. The van der Waals surface area contributed by atoms with Gasteiger partial charge in [0.15, 0.2) is 5.01 Å². The summed E-state index contributed by atoms with van der Waals surface area (Å²) in [6, 6.07) is 14.2. The quantitative estimate of drug-likeness (QED) is 0.550. The lowest BCUT2D eigenvalue weighted by Gasteiger charge is -2.37. The van der Waals surface area contributed by atoms with Crippen LogP contribution in [-0.2, 0) is 16.0 Å². The van der Waals surface area contributed by atoms with Crippen molar-refractivity contribution in [3.8, 4) is 11.1 Å². The number of fused-ring (bicyclic) bond motifs is 1. The van der Waals surface area contributed by atoms with Crippen molar-refractivity contribution in [3.05, 3.63) is 64.6 Å². The zero-order valence-electron chi connectivity index (χ0n) is 20.1. The number of rotatable bonds is 4. The Morgan fingerprint density at radius 2 is 1.83 bits per heavy atom. The molecule has 3 amide bonds. The highest BCUT2D eigenvalue weighted by Crippen LogP contribution is 2.37. The summed E-state index contributed by atoms with van der Waals surface area (Å²) >= 11 is 1.37. The van der Waals surface area contributed by atoms with E-state index in [1.807, 2.05) is 58.6 Å². The molecule has 0 bridgehead atoms. The zero-order valence-corrected chi connectivity index (χ0v) is 20.9. The molecule has 0 radical (unpaired) electrons. The van der Waals surface area contributed by atoms with E-state index in [9.17, 15) is 14.4 Å². The van der Waals surface area contributed by atoms with Crippen LogP contribution in [-0.4, -0.2) is 78.3 Å². The Morgan fingerprint density at radius 1 is 1.03 bits per heavy atom. The summed E-state index contributed by atoms with van der Waals surface area (Å²) in [5.41, 5.74) is 4.92. The van der Waals surface area contributed by atoms with Gasteiger partial charge >= 0.3 is 0 Å². The van der Waals surface area contributed by atoms with Crippen LogP contribution in [0.25, 0.3) is 11.1 Å². The fraction of sp³-hybridized carbons (Fsp3) is 0.333. The van der Waals surface area contributed by atoms with Crippen molar-refractivity contribution >= 4 is 40.4 Å². The fourth-order valence-corrected chi connectivity index (χ4v) is 6.13. The largest absolute Gasteiger partial charge is 0.334 e. The SMILES string of the molecule is CN1C(=O)Cc2c(-c3cccc(N4CC(N5CCN(C(=O)c6nccs6)CC5)CC4=O)c3)cccc21. The Labute approximate surface area is 213 Å². The molecule has 3 aliphatic rings. The number of carbonyl (C=O) groups is 3. The van der Waals surface area contributed by atoms with Gasteiger partial charge in [-0.05, 0) is 34.9 Å². The molecular weight excluding hydrogens is 474 g/mol. The van der Waals surface area contributed by atoms with E-state index in [4.69, 9.17) is 0 Å². The molecule has 9 heteroatoms. The molecule has 1 atom stereocenters. The Bertz CT molecular complexity index is 1330. The normalized spacial score (nSPS) is 20.4. The first kappa shape index (κ1) is 22.9. The topological polar surface area (TPSA) is 77.1 Å². The Hall–Kier alpha value is -3.56. The minimum absolute atomic E-state index is 0.00844. The minimum Gasteiger partial charge on any atom is -0.334 e. The van der Waals surface area contributed by atoms with E-state index in [0.717, 1.165) is 41.2 Å². The highest BCUT2D eigenvalue weighted by molar-refractivity contribution is 7.11. The summed E-state index contributed by atoms with van der Waals surface area (Å²) in [5, 5.41) is 2.35. The molecule has 2 saturated heterocycles. The van der Waals surface area contributed by atoms with Crippen molar-refractivity contribution in [2.45, 2.75) is 18.9 Å². The van der Waals surface area contributed by atoms with Crippen molar-refractivity contribution in [2.24, 2.45) is 0 Å². The lowest BCUT2D eigenvalue weighted by atomic mass is 9.97. The molecule has 6 rings (SSSR count). The highest BCUT2D eigenvalue weighted by atomic mass is 32.1. The number of piperazine rings is 1. The van der Waals surface area contributed by atoms with Crippen molar-refractivity contribution in [3.63, 3.8) is 0 Å². The Morgan fingerprint density at radius 3 is 2.61 bits per heavy atom. The van der Waals surface area contributed by atoms with Gasteiger partial charge in [-0.15, -0.1) is 11.3 Å². The van der Waals surface area contributed by atoms with Crippen molar-refractivity contribution in [1.82, 2.24) is 14.8 Å². The summed E-state index contributed by atoms with van der Waals surface area (Å²) in [5.74, 6) is 0.206. The average Bonchev–Trinajstić information content (AvgIpc) is 3.64. The monoisotopic (exact) mass is 501 g/mol. The van der Waals surface area contributed by atoms with E-state index in [-0.39, 0.29) is 23.8 Å². The van der Waals surface area contributed by atoms with Gasteiger partial charge in [-0.25, -0.2) is 4.98 Å². The summed E-state index contributed by atoms with van der Waals surface area (Å²) < 4.78 is 0. The number of amides is 3. The second kappa shape index (κ2) is 9.15. The second-order valence-electron chi connectivity index (χ2n) is 9.51. The number of nitrogens with zero attached hydrogens (tertiary/aromatic N) is 5. The number of benzene rings is 2. The molecule has 3 aliphatic heterocycles. The molecular formula is C27H27N5O3S. The van der Waals surface area contributed by atoms with Crippen molar-refractivity contribution < 1.29 is 14.4 Å². The number of carbonyl (C=O) groups excluding carboxylic acids is 3. The second-order valence-corrected chi connectivity index (χ2v) is 10.4. The average molecular weight is 502 g/mol. The van der Waals surface area contributed by atoms with E-state index in [1.165, 1.54) is 11.3 Å². The third-order valence-corrected chi connectivity index (χ3v) is 8.28. The predicted molar refractivity (Wildman–Crippen MR) is 139 cm³/mol. The van der Waals surface area contributed by atoms with Gasteiger partial charge in [0.05, 0.1) is 6.42 Å². The molecule has 3 aromatic rings. The molecule has 1 aromatic heterocycles. The standard InChI is InChI=1S/C27H27N5O3S/c1-29-23-7-3-6-21(22(23)16-24(29)33)18-4-2-5-19(14-18)32-17-20(15-25(32)34)30-9-11-31(12-10-30)27(35)26-28-8-13-36-26/h2-8,13-14,20H,9-12,15-17H2,1H3. The fourth-order valence-electron chi connectivity index (χ4n) is 5.53. The number of thiazole rings is 1. The molecule has 8 nitrogen and oxygen atoms in total. The van der Waals surface area contributed by atoms with Crippen molar-refractivity contribution in [1.29, 1.82) is 0 Å². The van der Waals surface area contributed by atoms with Crippen LogP contribution in [0.1, 0.15) is 21.8 Å². The van der Waals surface area contributed by atoms with Gasteiger partial charge in [0.2, 0.25) is 11.8 Å². The summed E-state index contributed by atoms with van der Waals surface area (Å²) in [7, 11) is 1.81. The summed E-state index contributed by atoms with van der Waals surface area (Å²) in [6.45, 7) is 3.42. The maximum absolute atomic E-state index is 13.1. The number of hydrogen-bond acceptors (Lipinski definition) is 6. The Kier molecular flexibility index (Phi) is 5.81. The van der Waals surface area contributed by atoms with Crippen LogP contribution in [0.15, 0.2) is 54.0 Å². The van der Waals surface area contributed by atoms with Crippen LogP contribution in [0.5, 0.6) is 0 Å². The Balaban J connectivity index is 1.16. The molecule has 0 N–H and O–H groups in total. The van der Waals surface area contributed by atoms with E-state index in [2.05, 4.69) is 16.0 Å². The first-order valence-electron chi connectivity index (χ1n) is 12.2. The predicted octanol–water partition coefficient (Wildman–Crippen LogP) is 2.89. The van der Waals surface area contributed by atoms with Gasteiger partial charge in [0, 0.05) is 75.2 Å². The molecule has 1 unspecified atom stereocenters. The number of hydrogen-bond donors (Lipinski definition) is 0. The third-order valence-electron chi connectivity index (χ3n) is 7.52. The molecule has 2 aromatic carbocycles. The minimum atomic E-state index is -0.00844. The molecule has 4 heterocycles. The van der Waals surface area contributed by atoms with Crippen LogP contribution >= 0.6 is 11.3 Å². The number of likely N-dealkylation sites (N-methyl/N-ethyl adjacent to an activating group) is 1. The van der Waals surface area contributed by atoms with E-state index in [1.54, 1.807) is 11.1 Å². The first-order valence-corrected chi connectivity index (χ1v) is 13.1. The van der Waals surface area contributed by atoms with Crippen LogP contribution in [0.2, 0.25) is 0 Å². The molecule has 0 aliphatic carbocycles. The van der Waals surface area contributed by atoms with E-state index >= 15 is 0 Å². The highest BCUT2D eigenvalue weighted by Gasteiger charge is 2.36. The molecule has 0 saturated carbocycles.